The highest BCUT2D eigenvalue weighted by molar-refractivity contribution is 7.93. The fourth-order valence-electron chi connectivity index (χ4n) is 3.69. The Bertz CT molecular complexity index is 1110. The number of H-pyrrole nitrogens is 1. The number of benzene rings is 1. The zero-order valence-electron chi connectivity index (χ0n) is 15.5. The van der Waals surface area contributed by atoms with Gasteiger partial charge in [0, 0.05) is 24.2 Å². The summed E-state index contributed by atoms with van der Waals surface area (Å²) in [4.78, 5) is 3.94. The highest BCUT2D eigenvalue weighted by Gasteiger charge is 2.29. The van der Waals surface area contributed by atoms with E-state index in [1.807, 2.05) is 0 Å². The molecule has 0 amide bonds. The minimum Gasteiger partial charge on any atom is -0.284 e. The van der Waals surface area contributed by atoms with E-state index in [1.54, 1.807) is 24.5 Å². The van der Waals surface area contributed by atoms with Gasteiger partial charge in [0.2, 0.25) is 10.0 Å². The molecule has 1 aliphatic carbocycles. The number of nitrogens with one attached hydrogen (secondary N) is 2. The molecule has 0 radical (unpaired) electrons. The van der Waals surface area contributed by atoms with E-state index in [1.165, 1.54) is 6.20 Å². The topological polar surface area (TPSA) is 87.7 Å². The minimum absolute atomic E-state index is 0.0601. The number of hydrogen-bond acceptors (Lipinski definition) is 4. The molecule has 0 atom stereocenters. The van der Waals surface area contributed by atoms with Gasteiger partial charge in [-0.25, -0.2) is 17.2 Å². The van der Waals surface area contributed by atoms with Crippen LogP contribution in [-0.4, -0.2) is 28.8 Å². The maximum atomic E-state index is 15.3. The van der Waals surface area contributed by atoms with Crippen molar-refractivity contribution in [2.75, 3.05) is 4.72 Å². The molecule has 1 aliphatic rings. The van der Waals surface area contributed by atoms with Crippen LogP contribution >= 0.6 is 0 Å². The van der Waals surface area contributed by atoms with Crippen molar-refractivity contribution in [2.24, 2.45) is 0 Å². The number of pyridine rings is 1. The molecule has 0 unspecified atom stereocenters. The molecular weight excluding hydrogens is 398 g/mol. The third-order valence-electron chi connectivity index (χ3n) is 5.20. The second kappa shape index (κ2) is 7.90. The van der Waals surface area contributed by atoms with E-state index < -0.39 is 26.9 Å². The first-order chi connectivity index (χ1) is 14.0. The Morgan fingerprint density at radius 2 is 1.76 bits per heavy atom. The number of anilines is 1. The Balaban J connectivity index is 1.73. The molecule has 0 bridgehead atoms. The van der Waals surface area contributed by atoms with Crippen LogP contribution in [0.15, 0.2) is 42.9 Å². The van der Waals surface area contributed by atoms with Gasteiger partial charge in [0.15, 0.2) is 5.82 Å². The fourth-order valence-corrected chi connectivity index (χ4v) is 5.28. The fraction of sp³-hybridized carbons (Fsp3) is 0.300. The molecular formula is C20H20F2N4O2S. The molecule has 6 nitrogen and oxygen atoms in total. The van der Waals surface area contributed by atoms with Crippen LogP contribution in [0.3, 0.4) is 0 Å². The molecule has 2 N–H and O–H groups in total. The molecule has 2 aromatic heterocycles. The van der Waals surface area contributed by atoms with Crippen LogP contribution < -0.4 is 4.72 Å². The largest absolute Gasteiger partial charge is 0.284 e. The Hall–Kier alpha value is -2.81. The van der Waals surface area contributed by atoms with Gasteiger partial charge < -0.3 is 0 Å². The normalized spacial score (nSPS) is 15.4. The Morgan fingerprint density at radius 1 is 1.03 bits per heavy atom. The summed E-state index contributed by atoms with van der Waals surface area (Å²) in [5.41, 5.74) is 0.552. The molecule has 1 saturated carbocycles. The summed E-state index contributed by atoms with van der Waals surface area (Å²) in [5, 5.41) is 6.07. The molecule has 0 spiro atoms. The smallest absolute Gasteiger partial charge is 0.235 e. The number of aromatic nitrogens is 3. The second-order valence-electron chi connectivity index (χ2n) is 7.07. The molecule has 1 fully saturated rings. The lowest BCUT2D eigenvalue weighted by molar-refractivity contribution is 0.486. The molecule has 4 rings (SSSR count). The van der Waals surface area contributed by atoms with Crippen molar-refractivity contribution in [1.82, 2.24) is 15.2 Å². The third-order valence-corrected chi connectivity index (χ3v) is 7.06. The van der Waals surface area contributed by atoms with E-state index in [4.69, 9.17) is 0 Å². The zero-order valence-corrected chi connectivity index (χ0v) is 16.3. The third kappa shape index (κ3) is 3.87. The van der Waals surface area contributed by atoms with Crippen molar-refractivity contribution >= 4 is 15.7 Å². The number of sulfonamides is 1. The summed E-state index contributed by atoms with van der Waals surface area (Å²) >= 11 is 0. The monoisotopic (exact) mass is 418 g/mol. The van der Waals surface area contributed by atoms with Gasteiger partial charge in [0.1, 0.15) is 11.5 Å². The molecule has 9 heteroatoms. The standard InChI is InChI=1S/C20H20F2N4O2S/c21-16-6-7-17(26-29(27,28)14-4-2-1-3-5-14)19(22)18(16)20-15(12-24-25-20)13-8-10-23-11-9-13/h6-12,14,26H,1-5H2,(H,24,25). The summed E-state index contributed by atoms with van der Waals surface area (Å²) in [6, 6.07) is 5.54. The number of nitrogens with zero attached hydrogens (tertiary/aromatic N) is 2. The first-order valence-corrected chi connectivity index (χ1v) is 11.0. The summed E-state index contributed by atoms with van der Waals surface area (Å²) < 4.78 is 57.5. The Labute approximate surface area is 167 Å². The number of halogens is 2. The van der Waals surface area contributed by atoms with Crippen LogP contribution in [0.1, 0.15) is 32.1 Å². The van der Waals surface area contributed by atoms with Crippen molar-refractivity contribution < 1.29 is 17.2 Å². The first kappa shape index (κ1) is 19.5. The SMILES string of the molecule is O=S(=O)(Nc1ccc(F)c(-c2n[nH]cc2-c2ccncc2)c1F)C1CCCCC1. The molecule has 2 heterocycles. The van der Waals surface area contributed by atoms with Gasteiger partial charge in [-0.3, -0.25) is 14.8 Å². The number of rotatable bonds is 5. The van der Waals surface area contributed by atoms with Crippen LogP contribution in [0.4, 0.5) is 14.5 Å². The van der Waals surface area contributed by atoms with Crippen LogP contribution in [0, 0.1) is 11.6 Å². The highest BCUT2D eigenvalue weighted by atomic mass is 32.2. The van der Waals surface area contributed by atoms with E-state index in [0.29, 0.717) is 24.0 Å². The Morgan fingerprint density at radius 3 is 2.48 bits per heavy atom. The average Bonchev–Trinajstić information content (AvgIpc) is 3.21. The minimum atomic E-state index is -3.77. The predicted octanol–water partition coefficient (Wildman–Crippen LogP) is 4.49. The van der Waals surface area contributed by atoms with Crippen molar-refractivity contribution in [2.45, 2.75) is 37.4 Å². The number of aromatic amines is 1. The van der Waals surface area contributed by atoms with Gasteiger partial charge in [-0.2, -0.15) is 5.10 Å². The lowest BCUT2D eigenvalue weighted by Gasteiger charge is -2.22. The van der Waals surface area contributed by atoms with Gasteiger partial charge in [0.05, 0.1) is 16.5 Å². The molecule has 1 aromatic carbocycles. The van der Waals surface area contributed by atoms with Crippen LogP contribution in [0.2, 0.25) is 0 Å². The van der Waals surface area contributed by atoms with E-state index in [-0.39, 0.29) is 16.9 Å². The first-order valence-electron chi connectivity index (χ1n) is 9.41. The van der Waals surface area contributed by atoms with Gasteiger partial charge in [0.25, 0.3) is 0 Å². The van der Waals surface area contributed by atoms with Crippen molar-refractivity contribution in [3.63, 3.8) is 0 Å². The van der Waals surface area contributed by atoms with Gasteiger partial charge in [-0.05, 0) is 42.7 Å². The summed E-state index contributed by atoms with van der Waals surface area (Å²) in [5.74, 6) is -1.82. The summed E-state index contributed by atoms with van der Waals surface area (Å²) in [7, 11) is -3.77. The molecule has 0 aliphatic heterocycles. The lowest BCUT2D eigenvalue weighted by atomic mass is 10.0. The van der Waals surface area contributed by atoms with Crippen LogP contribution in [0.5, 0.6) is 0 Å². The highest BCUT2D eigenvalue weighted by Crippen LogP contribution is 2.36. The quantitative estimate of drug-likeness (QED) is 0.639. The summed E-state index contributed by atoms with van der Waals surface area (Å²) in [6.07, 6.45) is 8.38. The van der Waals surface area contributed by atoms with Crippen molar-refractivity contribution in [1.29, 1.82) is 0 Å². The predicted molar refractivity (Wildman–Crippen MR) is 107 cm³/mol. The second-order valence-corrected chi connectivity index (χ2v) is 9.04. The number of hydrogen-bond donors (Lipinski definition) is 2. The van der Waals surface area contributed by atoms with Gasteiger partial charge >= 0.3 is 0 Å². The van der Waals surface area contributed by atoms with Crippen LogP contribution in [0.25, 0.3) is 22.4 Å². The average molecular weight is 418 g/mol. The van der Waals surface area contributed by atoms with E-state index in [9.17, 15) is 12.8 Å². The maximum absolute atomic E-state index is 15.3. The van der Waals surface area contributed by atoms with Gasteiger partial charge in [-0.1, -0.05) is 19.3 Å². The molecule has 152 valence electrons. The van der Waals surface area contributed by atoms with Crippen molar-refractivity contribution in [3.8, 4) is 22.4 Å². The van der Waals surface area contributed by atoms with Crippen LogP contribution in [-0.2, 0) is 10.0 Å². The maximum Gasteiger partial charge on any atom is 0.235 e. The molecule has 0 saturated heterocycles. The van der Waals surface area contributed by atoms with E-state index in [0.717, 1.165) is 31.4 Å². The summed E-state index contributed by atoms with van der Waals surface area (Å²) in [6.45, 7) is 0. The van der Waals surface area contributed by atoms with Crippen molar-refractivity contribution in [3.05, 3.63) is 54.5 Å². The molecule has 29 heavy (non-hydrogen) atoms. The molecule has 3 aromatic rings. The lowest BCUT2D eigenvalue weighted by Crippen LogP contribution is -2.30. The van der Waals surface area contributed by atoms with Gasteiger partial charge in [-0.15, -0.1) is 0 Å². The van der Waals surface area contributed by atoms with E-state index in [2.05, 4.69) is 19.9 Å². The van der Waals surface area contributed by atoms with E-state index >= 15 is 4.39 Å². The Kier molecular flexibility index (Phi) is 5.31. The zero-order chi connectivity index (χ0) is 20.4.